The molecule has 0 radical (unpaired) electrons. The van der Waals surface area contributed by atoms with Gasteiger partial charge in [-0.1, -0.05) is 0 Å². The van der Waals surface area contributed by atoms with E-state index >= 15 is 0 Å². The minimum atomic E-state index is -0.546. The number of aromatic amines is 1. The van der Waals surface area contributed by atoms with E-state index in [4.69, 9.17) is 4.74 Å². The van der Waals surface area contributed by atoms with Gasteiger partial charge in [0.2, 0.25) is 0 Å². The highest BCUT2D eigenvalue weighted by atomic mass is 19.1. The lowest BCUT2D eigenvalue weighted by atomic mass is 9.93. The van der Waals surface area contributed by atoms with Crippen LogP contribution in [0.3, 0.4) is 0 Å². The molecule has 1 aliphatic heterocycles. The SMILES string of the molecule is CC1(C)C[C@H](NC(=O)c2cc3nc[nH]c3cc2F)CCO1. The highest BCUT2D eigenvalue weighted by Gasteiger charge is 2.30. The second kappa shape index (κ2) is 5.11. The summed E-state index contributed by atoms with van der Waals surface area (Å²) in [6.07, 6.45) is 2.93. The number of hydrogen-bond acceptors (Lipinski definition) is 3. The van der Waals surface area contributed by atoms with Gasteiger partial charge in [-0.15, -0.1) is 0 Å². The first-order valence-corrected chi connectivity index (χ1v) is 7.02. The van der Waals surface area contributed by atoms with Crippen molar-refractivity contribution in [1.82, 2.24) is 15.3 Å². The lowest BCUT2D eigenvalue weighted by Gasteiger charge is -2.35. The molecule has 0 saturated carbocycles. The zero-order valence-corrected chi connectivity index (χ0v) is 12.1. The zero-order valence-electron chi connectivity index (χ0n) is 12.1. The number of aromatic nitrogens is 2. The smallest absolute Gasteiger partial charge is 0.254 e. The van der Waals surface area contributed by atoms with Crippen molar-refractivity contribution in [2.24, 2.45) is 0 Å². The molecule has 21 heavy (non-hydrogen) atoms. The number of halogens is 1. The summed E-state index contributed by atoms with van der Waals surface area (Å²) in [7, 11) is 0. The Labute approximate surface area is 121 Å². The molecule has 0 unspecified atom stereocenters. The van der Waals surface area contributed by atoms with Crippen molar-refractivity contribution in [3.63, 3.8) is 0 Å². The van der Waals surface area contributed by atoms with Crippen LogP contribution in [0.15, 0.2) is 18.5 Å². The van der Waals surface area contributed by atoms with Crippen molar-refractivity contribution in [1.29, 1.82) is 0 Å². The Balaban J connectivity index is 1.79. The number of H-pyrrole nitrogens is 1. The van der Waals surface area contributed by atoms with E-state index in [0.717, 1.165) is 6.42 Å². The molecular formula is C15H18FN3O2. The quantitative estimate of drug-likeness (QED) is 0.892. The Hall–Kier alpha value is -1.95. The van der Waals surface area contributed by atoms with Gasteiger partial charge in [0.05, 0.1) is 28.5 Å². The molecule has 1 saturated heterocycles. The van der Waals surface area contributed by atoms with Crippen LogP contribution in [-0.4, -0.2) is 34.1 Å². The highest BCUT2D eigenvalue weighted by molar-refractivity contribution is 5.97. The van der Waals surface area contributed by atoms with Crippen LogP contribution >= 0.6 is 0 Å². The maximum absolute atomic E-state index is 14.0. The largest absolute Gasteiger partial charge is 0.375 e. The number of nitrogens with zero attached hydrogens (tertiary/aromatic N) is 1. The fourth-order valence-corrected chi connectivity index (χ4v) is 2.75. The average Bonchev–Trinajstić information content (AvgIpc) is 2.83. The number of nitrogens with one attached hydrogen (secondary N) is 2. The van der Waals surface area contributed by atoms with Crippen molar-refractivity contribution in [3.8, 4) is 0 Å². The summed E-state index contributed by atoms with van der Waals surface area (Å²) in [5, 5.41) is 2.89. The average molecular weight is 291 g/mol. The third kappa shape index (κ3) is 2.90. The second-order valence-corrected chi connectivity index (χ2v) is 6.02. The maximum atomic E-state index is 14.0. The molecule has 2 N–H and O–H groups in total. The molecule has 1 aromatic heterocycles. The summed E-state index contributed by atoms with van der Waals surface area (Å²) < 4.78 is 19.6. The summed E-state index contributed by atoms with van der Waals surface area (Å²) in [6.45, 7) is 4.57. The Kier molecular flexibility index (Phi) is 3.41. The third-order valence-corrected chi connectivity index (χ3v) is 3.79. The van der Waals surface area contributed by atoms with Gasteiger partial charge in [0.25, 0.3) is 5.91 Å². The van der Waals surface area contributed by atoms with Crippen LogP contribution < -0.4 is 5.32 Å². The molecule has 112 valence electrons. The minimum absolute atomic E-state index is 0.00414. The van der Waals surface area contributed by atoms with Crippen LogP contribution in [0.2, 0.25) is 0 Å². The Morgan fingerprint density at radius 1 is 1.52 bits per heavy atom. The van der Waals surface area contributed by atoms with Gasteiger partial charge in [-0.05, 0) is 32.8 Å². The Bertz CT molecular complexity index is 681. The summed E-state index contributed by atoms with van der Waals surface area (Å²) in [5.74, 6) is -0.948. The molecule has 0 aliphatic carbocycles. The van der Waals surface area contributed by atoms with Gasteiger partial charge in [-0.3, -0.25) is 4.79 Å². The van der Waals surface area contributed by atoms with Gasteiger partial charge in [-0.2, -0.15) is 0 Å². The van der Waals surface area contributed by atoms with Gasteiger partial charge < -0.3 is 15.0 Å². The van der Waals surface area contributed by atoms with Crippen LogP contribution in [-0.2, 0) is 4.74 Å². The van der Waals surface area contributed by atoms with E-state index in [2.05, 4.69) is 15.3 Å². The molecule has 1 aliphatic rings. The number of hydrogen-bond donors (Lipinski definition) is 2. The number of ether oxygens (including phenoxy) is 1. The van der Waals surface area contributed by atoms with Gasteiger partial charge in [0, 0.05) is 18.7 Å². The van der Waals surface area contributed by atoms with Crippen molar-refractivity contribution in [2.45, 2.75) is 38.3 Å². The summed E-state index contributed by atoms with van der Waals surface area (Å²) in [4.78, 5) is 19.2. The summed E-state index contributed by atoms with van der Waals surface area (Å²) in [6, 6.07) is 2.77. The van der Waals surface area contributed by atoms with Crippen LogP contribution in [0, 0.1) is 5.82 Å². The first-order valence-electron chi connectivity index (χ1n) is 7.02. The number of amides is 1. The van der Waals surface area contributed by atoms with Gasteiger partial charge in [0.15, 0.2) is 0 Å². The van der Waals surface area contributed by atoms with Gasteiger partial charge >= 0.3 is 0 Å². The standard InChI is InChI=1S/C15H18FN3O2/c1-15(2)7-9(3-4-21-15)19-14(20)10-5-12-13(6-11(10)16)18-8-17-12/h5-6,8-9H,3-4,7H2,1-2H3,(H,17,18)(H,19,20)/t9-/m1/s1. The number of carbonyl (C=O) groups excluding carboxylic acids is 1. The van der Waals surface area contributed by atoms with Crippen LogP contribution in [0.25, 0.3) is 11.0 Å². The van der Waals surface area contributed by atoms with Crippen molar-refractivity contribution >= 4 is 16.9 Å². The molecule has 2 aromatic rings. The van der Waals surface area contributed by atoms with E-state index in [9.17, 15) is 9.18 Å². The van der Waals surface area contributed by atoms with E-state index in [1.807, 2.05) is 13.8 Å². The lowest BCUT2D eigenvalue weighted by molar-refractivity contribution is -0.0615. The summed E-state index contributed by atoms with van der Waals surface area (Å²) in [5.41, 5.74) is 0.921. The molecule has 3 rings (SSSR count). The molecule has 1 fully saturated rings. The Morgan fingerprint density at radius 2 is 2.33 bits per heavy atom. The number of imidazole rings is 1. The van der Waals surface area contributed by atoms with Crippen molar-refractivity contribution < 1.29 is 13.9 Å². The number of carbonyl (C=O) groups is 1. The molecule has 2 heterocycles. The molecule has 0 spiro atoms. The molecule has 1 aromatic carbocycles. The second-order valence-electron chi connectivity index (χ2n) is 6.02. The first kappa shape index (κ1) is 14.0. The van der Waals surface area contributed by atoms with Crippen LogP contribution in [0.1, 0.15) is 37.0 Å². The highest BCUT2D eigenvalue weighted by Crippen LogP contribution is 2.24. The van der Waals surface area contributed by atoms with E-state index in [1.165, 1.54) is 18.5 Å². The normalized spacial score (nSPS) is 21.4. The number of benzene rings is 1. The Morgan fingerprint density at radius 3 is 3.10 bits per heavy atom. The molecular weight excluding hydrogens is 273 g/mol. The molecule has 0 bridgehead atoms. The third-order valence-electron chi connectivity index (χ3n) is 3.79. The zero-order chi connectivity index (χ0) is 15.0. The molecule has 6 heteroatoms. The van der Waals surface area contributed by atoms with Crippen molar-refractivity contribution in [2.75, 3.05) is 6.61 Å². The van der Waals surface area contributed by atoms with Crippen LogP contribution in [0.5, 0.6) is 0 Å². The fourth-order valence-electron chi connectivity index (χ4n) is 2.75. The summed E-state index contributed by atoms with van der Waals surface area (Å²) >= 11 is 0. The van der Waals surface area contributed by atoms with E-state index in [1.54, 1.807) is 0 Å². The first-order chi connectivity index (χ1) is 9.94. The van der Waals surface area contributed by atoms with Crippen molar-refractivity contribution in [3.05, 3.63) is 29.8 Å². The number of rotatable bonds is 2. The van der Waals surface area contributed by atoms with Gasteiger partial charge in [-0.25, -0.2) is 9.37 Å². The molecule has 5 nitrogen and oxygen atoms in total. The fraction of sp³-hybridized carbons (Fsp3) is 0.467. The lowest BCUT2D eigenvalue weighted by Crippen LogP contribution is -2.46. The van der Waals surface area contributed by atoms with Crippen LogP contribution in [0.4, 0.5) is 4.39 Å². The van der Waals surface area contributed by atoms with E-state index < -0.39 is 11.7 Å². The topological polar surface area (TPSA) is 67.0 Å². The predicted molar refractivity (Wildman–Crippen MR) is 76.6 cm³/mol. The number of fused-ring (bicyclic) bond motifs is 1. The monoisotopic (exact) mass is 291 g/mol. The molecule has 1 amide bonds. The van der Waals surface area contributed by atoms with E-state index in [0.29, 0.717) is 24.1 Å². The predicted octanol–water partition coefficient (Wildman–Crippen LogP) is 2.39. The maximum Gasteiger partial charge on any atom is 0.254 e. The van der Waals surface area contributed by atoms with E-state index in [-0.39, 0.29) is 17.2 Å². The molecule has 1 atom stereocenters. The van der Waals surface area contributed by atoms with Gasteiger partial charge in [0.1, 0.15) is 5.82 Å². The minimum Gasteiger partial charge on any atom is -0.375 e.